The molecule has 218 valence electrons. The second-order valence-electron chi connectivity index (χ2n) is 11.8. The minimum atomic E-state index is -0.498. The molecule has 5 aromatic rings. The van der Waals surface area contributed by atoms with Crippen LogP contribution in [0.5, 0.6) is 0 Å². The highest BCUT2D eigenvalue weighted by molar-refractivity contribution is 6.30. The lowest BCUT2D eigenvalue weighted by Gasteiger charge is -2.33. The van der Waals surface area contributed by atoms with Gasteiger partial charge in [-0.25, -0.2) is 4.98 Å². The Morgan fingerprint density at radius 1 is 0.837 bits per heavy atom. The summed E-state index contributed by atoms with van der Waals surface area (Å²) < 4.78 is 2.57. The number of halogens is 2. The Hall–Kier alpha value is -3.71. The highest BCUT2D eigenvalue weighted by atomic mass is 35.5. The minimum absolute atomic E-state index is 0.0445. The molecule has 2 N–H and O–H groups in total. The molecule has 1 amide bonds. The molecule has 2 aliphatic rings. The van der Waals surface area contributed by atoms with Crippen LogP contribution in [0.15, 0.2) is 85.1 Å². The molecule has 8 heteroatoms. The van der Waals surface area contributed by atoms with Crippen molar-refractivity contribution in [2.24, 2.45) is 5.73 Å². The van der Waals surface area contributed by atoms with Crippen molar-refractivity contribution < 1.29 is 4.79 Å². The molecule has 1 saturated carbocycles. The van der Waals surface area contributed by atoms with Crippen molar-refractivity contribution in [3.63, 3.8) is 0 Å². The number of benzene rings is 3. The number of carbonyl (C=O) groups excluding carboxylic acids is 1. The monoisotopic (exact) mass is 609 g/mol. The van der Waals surface area contributed by atoms with E-state index in [2.05, 4.69) is 56.9 Å². The van der Waals surface area contributed by atoms with E-state index in [9.17, 15) is 4.79 Å². The lowest BCUT2D eigenvalue weighted by atomic mass is 9.85. The van der Waals surface area contributed by atoms with Gasteiger partial charge >= 0.3 is 0 Å². The number of nitrogens with two attached hydrogens (primary N) is 1. The molecule has 0 spiro atoms. The standard InChI is InChI=1S/C35H33Cl2N5O/c36-27-9-4-23(5-10-27)33(24-6-11-28(37)12-7-24)26-8-14-30-32(19-26)42(35(40-30)25-2-3-25)29-15-17-41(18-16-29)21-22-1-13-31(34(38)43)39-20-22/h1,4-14,19-20,25,29,33H,2-3,15-18,21H2,(H2,38,43). The van der Waals surface area contributed by atoms with E-state index >= 15 is 0 Å². The van der Waals surface area contributed by atoms with Crippen LogP contribution in [0.4, 0.5) is 0 Å². The largest absolute Gasteiger partial charge is 0.364 e. The summed E-state index contributed by atoms with van der Waals surface area (Å²) in [5.74, 6) is 1.34. The number of rotatable bonds is 8. The van der Waals surface area contributed by atoms with Crippen LogP contribution in [0.2, 0.25) is 10.0 Å². The Bertz CT molecular complexity index is 1710. The fourth-order valence-corrected chi connectivity index (χ4v) is 6.72. The van der Waals surface area contributed by atoms with Crippen LogP contribution < -0.4 is 5.73 Å². The van der Waals surface area contributed by atoms with Crippen LogP contribution in [0, 0.1) is 0 Å². The van der Waals surface area contributed by atoms with Gasteiger partial charge in [0.05, 0.1) is 11.0 Å². The first-order valence-electron chi connectivity index (χ1n) is 14.9. The first-order valence-corrected chi connectivity index (χ1v) is 15.7. The average Bonchev–Trinajstić information content (AvgIpc) is 3.80. The third-order valence-electron chi connectivity index (χ3n) is 8.83. The van der Waals surface area contributed by atoms with Crippen LogP contribution in [-0.4, -0.2) is 38.4 Å². The molecule has 0 bridgehead atoms. The van der Waals surface area contributed by atoms with Crippen molar-refractivity contribution in [3.05, 3.63) is 129 Å². The normalized spacial score (nSPS) is 16.3. The first kappa shape index (κ1) is 28.1. The van der Waals surface area contributed by atoms with Crippen molar-refractivity contribution in [2.75, 3.05) is 13.1 Å². The van der Waals surface area contributed by atoms with E-state index in [1.54, 1.807) is 12.3 Å². The van der Waals surface area contributed by atoms with E-state index < -0.39 is 5.91 Å². The second-order valence-corrected chi connectivity index (χ2v) is 12.7. The molecule has 0 unspecified atom stereocenters. The molecule has 7 rings (SSSR count). The molecule has 2 aromatic heterocycles. The number of hydrogen-bond acceptors (Lipinski definition) is 4. The van der Waals surface area contributed by atoms with Crippen LogP contribution in [0.3, 0.4) is 0 Å². The number of piperidine rings is 1. The summed E-state index contributed by atoms with van der Waals surface area (Å²) >= 11 is 12.5. The summed E-state index contributed by atoms with van der Waals surface area (Å²) in [6.07, 6.45) is 6.29. The van der Waals surface area contributed by atoms with Gasteiger partial charge in [-0.2, -0.15) is 0 Å². The van der Waals surface area contributed by atoms with Crippen LogP contribution >= 0.6 is 23.2 Å². The smallest absolute Gasteiger partial charge is 0.267 e. The van der Waals surface area contributed by atoms with Crippen LogP contribution in [-0.2, 0) is 6.54 Å². The highest BCUT2D eigenvalue weighted by Gasteiger charge is 2.33. The third-order valence-corrected chi connectivity index (χ3v) is 9.33. The zero-order valence-electron chi connectivity index (χ0n) is 23.8. The van der Waals surface area contributed by atoms with Gasteiger partial charge in [0, 0.05) is 53.8 Å². The quantitative estimate of drug-likeness (QED) is 0.183. The molecule has 6 nitrogen and oxygen atoms in total. The second kappa shape index (κ2) is 11.8. The maximum absolute atomic E-state index is 11.4. The predicted octanol–water partition coefficient (Wildman–Crippen LogP) is 7.73. The Labute approximate surface area is 261 Å². The van der Waals surface area contributed by atoms with Gasteiger partial charge in [-0.05, 0) is 90.4 Å². The molecular formula is C35H33Cl2N5O. The van der Waals surface area contributed by atoms with Crippen molar-refractivity contribution >= 4 is 40.1 Å². The van der Waals surface area contributed by atoms with Gasteiger partial charge < -0.3 is 10.3 Å². The number of likely N-dealkylation sites (tertiary alicyclic amines) is 1. The van der Waals surface area contributed by atoms with Crippen molar-refractivity contribution in [1.29, 1.82) is 0 Å². The van der Waals surface area contributed by atoms with Gasteiger partial charge in [0.15, 0.2) is 0 Å². The Morgan fingerprint density at radius 2 is 1.47 bits per heavy atom. The van der Waals surface area contributed by atoms with E-state index in [0.717, 1.165) is 53.6 Å². The number of primary amides is 1. The lowest BCUT2D eigenvalue weighted by Crippen LogP contribution is -2.34. The zero-order chi connectivity index (χ0) is 29.5. The van der Waals surface area contributed by atoms with E-state index in [1.807, 2.05) is 30.3 Å². The number of pyridine rings is 1. The predicted molar refractivity (Wildman–Crippen MR) is 172 cm³/mol. The number of fused-ring (bicyclic) bond motifs is 1. The maximum atomic E-state index is 11.4. The number of aromatic nitrogens is 3. The highest BCUT2D eigenvalue weighted by Crippen LogP contribution is 2.44. The minimum Gasteiger partial charge on any atom is -0.364 e. The average molecular weight is 611 g/mol. The number of amides is 1. The van der Waals surface area contributed by atoms with Crippen molar-refractivity contribution in [1.82, 2.24) is 19.4 Å². The molecule has 43 heavy (non-hydrogen) atoms. The molecule has 1 aliphatic carbocycles. The van der Waals surface area contributed by atoms with Crippen molar-refractivity contribution in [3.8, 4) is 0 Å². The number of nitrogens with zero attached hydrogens (tertiary/aromatic N) is 4. The van der Waals surface area contributed by atoms with Crippen LogP contribution in [0.25, 0.3) is 11.0 Å². The molecule has 3 aromatic carbocycles. The maximum Gasteiger partial charge on any atom is 0.267 e. The molecule has 2 fully saturated rings. The molecule has 1 aliphatic heterocycles. The van der Waals surface area contributed by atoms with E-state index in [1.165, 1.54) is 40.9 Å². The fraction of sp³-hybridized carbons (Fsp3) is 0.286. The summed E-state index contributed by atoms with van der Waals surface area (Å²) in [5.41, 5.74) is 12.6. The van der Waals surface area contributed by atoms with Crippen LogP contribution in [0.1, 0.15) is 82.1 Å². The number of hydrogen-bond donors (Lipinski definition) is 1. The van der Waals surface area contributed by atoms with Gasteiger partial charge in [-0.3, -0.25) is 14.7 Å². The van der Waals surface area contributed by atoms with Crippen molar-refractivity contribution in [2.45, 2.75) is 50.1 Å². The molecule has 0 radical (unpaired) electrons. The summed E-state index contributed by atoms with van der Waals surface area (Å²) in [6.45, 7) is 2.79. The fourth-order valence-electron chi connectivity index (χ4n) is 6.47. The molecule has 3 heterocycles. The SMILES string of the molecule is NC(=O)c1ccc(CN2CCC(n3c(C4CC4)nc4ccc(C(c5ccc(Cl)cc5)c5ccc(Cl)cc5)cc43)CC2)cn1. The number of carbonyl (C=O) groups is 1. The lowest BCUT2D eigenvalue weighted by molar-refractivity contribution is 0.0995. The first-order chi connectivity index (χ1) is 20.9. The summed E-state index contributed by atoms with van der Waals surface area (Å²) in [7, 11) is 0. The zero-order valence-corrected chi connectivity index (χ0v) is 25.3. The van der Waals surface area contributed by atoms with Gasteiger partial charge in [0.25, 0.3) is 5.91 Å². The Kier molecular flexibility index (Phi) is 7.68. The summed E-state index contributed by atoms with van der Waals surface area (Å²) in [5, 5.41) is 1.46. The molecular weight excluding hydrogens is 577 g/mol. The topological polar surface area (TPSA) is 77.0 Å². The third kappa shape index (κ3) is 5.92. The van der Waals surface area contributed by atoms with Gasteiger partial charge in [0.1, 0.15) is 11.5 Å². The van der Waals surface area contributed by atoms with E-state index in [4.69, 9.17) is 33.9 Å². The van der Waals surface area contributed by atoms with E-state index in [-0.39, 0.29) is 5.92 Å². The Balaban J connectivity index is 1.20. The molecule has 1 saturated heterocycles. The van der Waals surface area contributed by atoms with Gasteiger partial charge in [-0.1, -0.05) is 59.6 Å². The van der Waals surface area contributed by atoms with Gasteiger partial charge in [-0.15, -0.1) is 0 Å². The summed E-state index contributed by atoms with van der Waals surface area (Å²) in [4.78, 5) is 23.3. The van der Waals surface area contributed by atoms with E-state index in [0.29, 0.717) is 17.7 Å². The Morgan fingerprint density at radius 3 is 2.02 bits per heavy atom. The van der Waals surface area contributed by atoms with Gasteiger partial charge in [0.2, 0.25) is 0 Å². The number of imidazole rings is 1. The summed E-state index contributed by atoms with van der Waals surface area (Å²) in [6, 6.07) is 27.2. The molecule has 0 atom stereocenters.